The van der Waals surface area contributed by atoms with Crippen molar-refractivity contribution in [1.82, 2.24) is 0 Å². The maximum Gasteiger partial charge on any atom is 0.345 e. The Balaban J connectivity index is 2.05. The second-order valence-corrected chi connectivity index (χ2v) is 6.92. The Morgan fingerprint density at radius 2 is 1.95 bits per heavy atom. The molecular formula is C14H14O3S2. The number of hydrogen-bond acceptors (Lipinski definition) is 3. The number of thiophene rings is 1. The molecule has 1 aromatic heterocycles. The molecule has 19 heavy (non-hydrogen) atoms. The largest absolute Gasteiger partial charge is 0.477 e. The monoisotopic (exact) mass is 294 g/mol. The van der Waals surface area contributed by atoms with Crippen LogP contribution < -0.4 is 0 Å². The Morgan fingerprint density at radius 1 is 1.26 bits per heavy atom. The average molecular weight is 294 g/mol. The molecule has 1 unspecified atom stereocenters. The molecule has 0 spiro atoms. The number of carboxylic acid groups (broad SMARTS) is 1. The fraction of sp³-hybridized carbons (Fsp3) is 0.214. The summed E-state index contributed by atoms with van der Waals surface area (Å²) in [5, 5.41) is 8.93. The molecule has 0 fully saturated rings. The molecule has 1 atom stereocenters. The molecule has 1 aromatic carbocycles. The van der Waals surface area contributed by atoms with Crippen molar-refractivity contribution in [3.8, 4) is 0 Å². The number of rotatable bonds is 5. The molecule has 0 aliphatic rings. The molecule has 0 aliphatic carbocycles. The summed E-state index contributed by atoms with van der Waals surface area (Å²) in [6, 6.07) is 11.3. The lowest BCUT2D eigenvalue weighted by atomic mass is 10.2. The van der Waals surface area contributed by atoms with Gasteiger partial charge >= 0.3 is 5.97 Å². The molecule has 0 saturated carbocycles. The molecule has 2 aromatic rings. The quantitative estimate of drug-likeness (QED) is 0.921. The van der Waals surface area contributed by atoms with E-state index >= 15 is 0 Å². The van der Waals surface area contributed by atoms with Crippen LogP contribution in [0.1, 0.15) is 25.7 Å². The summed E-state index contributed by atoms with van der Waals surface area (Å²) in [5.74, 6) is -0.0172. The van der Waals surface area contributed by atoms with Gasteiger partial charge in [0, 0.05) is 27.2 Å². The fourth-order valence-corrected chi connectivity index (χ4v) is 4.04. The second-order valence-electron chi connectivity index (χ2n) is 4.21. The second kappa shape index (κ2) is 6.12. The Kier molecular flexibility index (Phi) is 4.50. The van der Waals surface area contributed by atoms with Gasteiger partial charge in [0.1, 0.15) is 4.88 Å². The van der Waals surface area contributed by atoms with Gasteiger partial charge in [-0.05, 0) is 24.1 Å². The van der Waals surface area contributed by atoms with Crippen molar-refractivity contribution in [3.05, 3.63) is 57.3 Å². The van der Waals surface area contributed by atoms with Crippen molar-refractivity contribution in [2.75, 3.05) is 0 Å². The number of hydrogen-bond donors (Lipinski definition) is 1. The zero-order chi connectivity index (χ0) is 13.8. The first-order valence-electron chi connectivity index (χ1n) is 5.78. The van der Waals surface area contributed by atoms with E-state index in [1.165, 1.54) is 11.3 Å². The standard InChI is InChI=1S/C14H14O3S2/c1-10-12(7-13(18-10)14(15)16)9-19(17)8-11-5-3-2-4-6-11/h2-7H,8-9H2,1H3,(H,15,16). The Bertz CT molecular complexity index is 602. The van der Waals surface area contributed by atoms with Gasteiger partial charge < -0.3 is 5.11 Å². The molecule has 0 bridgehead atoms. The van der Waals surface area contributed by atoms with Crippen molar-refractivity contribution in [2.45, 2.75) is 18.4 Å². The van der Waals surface area contributed by atoms with Crippen LogP contribution in [0.2, 0.25) is 0 Å². The van der Waals surface area contributed by atoms with Crippen LogP contribution in [0.4, 0.5) is 0 Å². The van der Waals surface area contributed by atoms with E-state index in [4.69, 9.17) is 5.11 Å². The average Bonchev–Trinajstić information content (AvgIpc) is 2.72. The van der Waals surface area contributed by atoms with E-state index in [0.29, 0.717) is 16.4 Å². The van der Waals surface area contributed by atoms with Crippen LogP contribution in [0.15, 0.2) is 36.4 Å². The van der Waals surface area contributed by atoms with Gasteiger partial charge in [0.15, 0.2) is 0 Å². The zero-order valence-electron chi connectivity index (χ0n) is 10.5. The predicted molar refractivity (Wildman–Crippen MR) is 78.0 cm³/mol. The van der Waals surface area contributed by atoms with Gasteiger partial charge in [0.25, 0.3) is 0 Å². The van der Waals surface area contributed by atoms with Crippen molar-refractivity contribution >= 4 is 28.1 Å². The first-order valence-corrected chi connectivity index (χ1v) is 8.08. The third-order valence-corrected chi connectivity index (χ3v) is 5.09. The van der Waals surface area contributed by atoms with E-state index < -0.39 is 16.8 Å². The highest BCUT2D eigenvalue weighted by atomic mass is 32.2. The van der Waals surface area contributed by atoms with Gasteiger partial charge in [-0.15, -0.1) is 11.3 Å². The van der Waals surface area contributed by atoms with Crippen LogP contribution in [-0.2, 0) is 22.3 Å². The maximum absolute atomic E-state index is 12.1. The first kappa shape index (κ1) is 14.0. The fourth-order valence-electron chi connectivity index (χ4n) is 1.75. The van der Waals surface area contributed by atoms with E-state index in [-0.39, 0.29) is 0 Å². The molecule has 0 aliphatic heterocycles. The van der Waals surface area contributed by atoms with Gasteiger partial charge in [-0.3, -0.25) is 4.21 Å². The van der Waals surface area contributed by atoms with Crippen LogP contribution in [0.5, 0.6) is 0 Å². The molecule has 2 rings (SSSR count). The summed E-state index contributed by atoms with van der Waals surface area (Å²) in [6.45, 7) is 1.87. The highest BCUT2D eigenvalue weighted by Crippen LogP contribution is 2.23. The number of carboxylic acids is 1. The third-order valence-electron chi connectivity index (χ3n) is 2.72. The minimum absolute atomic E-state index is 0.309. The summed E-state index contributed by atoms with van der Waals surface area (Å²) in [6.07, 6.45) is 0. The van der Waals surface area contributed by atoms with E-state index in [1.54, 1.807) is 6.07 Å². The van der Waals surface area contributed by atoms with Gasteiger partial charge in [-0.1, -0.05) is 30.3 Å². The lowest BCUT2D eigenvalue weighted by Gasteiger charge is -2.02. The third kappa shape index (κ3) is 3.75. The molecule has 0 amide bonds. The first-order chi connectivity index (χ1) is 9.06. The van der Waals surface area contributed by atoms with E-state index in [1.807, 2.05) is 37.3 Å². The van der Waals surface area contributed by atoms with Crippen molar-refractivity contribution in [2.24, 2.45) is 0 Å². The lowest BCUT2D eigenvalue weighted by molar-refractivity contribution is 0.0702. The summed E-state index contributed by atoms with van der Waals surface area (Å²) < 4.78 is 12.1. The summed E-state index contributed by atoms with van der Waals surface area (Å²) in [4.78, 5) is 12.1. The molecule has 100 valence electrons. The van der Waals surface area contributed by atoms with Crippen molar-refractivity contribution in [1.29, 1.82) is 0 Å². The van der Waals surface area contributed by atoms with Gasteiger partial charge in [0.05, 0.1) is 0 Å². The Hall–Kier alpha value is -1.46. The van der Waals surface area contributed by atoms with Crippen molar-refractivity contribution < 1.29 is 14.1 Å². The molecule has 1 N–H and O–H groups in total. The maximum atomic E-state index is 12.1. The molecule has 0 saturated heterocycles. The highest BCUT2D eigenvalue weighted by Gasteiger charge is 2.13. The van der Waals surface area contributed by atoms with E-state index in [0.717, 1.165) is 16.0 Å². The van der Waals surface area contributed by atoms with Crippen LogP contribution in [0.3, 0.4) is 0 Å². The molecule has 3 nitrogen and oxygen atoms in total. The highest BCUT2D eigenvalue weighted by molar-refractivity contribution is 7.83. The zero-order valence-corrected chi connectivity index (χ0v) is 12.1. The number of carbonyl (C=O) groups is 1. The smallest absolute Gasteiger partial charge is 0.345 e. The number of aromatic carboxylic acids is 1. The van der Waals surface area contributed by atoms with Crippen LogP contribution >= 0.6 is 11.3 Å². The predicted octanol–water partition coefficient (Wildman–Crippen LogP) is 3.20. The minimum Gasteiger partial charge on any atom is -0.477 e. The van der Waals surface area contributed by atoms with Gasteiger partial charge in [-0.25, -0.2) is 4.79 Å². The van der Waals surface area contributed by atoms with Crippen LogP contribution in [-0.4, -0.2) is 15.3 Å². The van der Waals surface area contributed by atoms with Gasteiger partial charge in [-0.2, -0.15) is 0 Å². The molecule has 0 radical (unpaired) electrons. The topological polar surface area (TPSA) is 54.4 Å². The normalized spacial score (nSPS) is 12.3. The van der Waals surface area contributed by atoms with Crippen LogP contribution in [0.25, 0.3) is 0 Å². The van der Waals surface area contributed by atoms with E-state index in [2.05, 4.69) is 0 Å². The van der Waals surface area contributed by atoms with Crippen molar-refractivity contribution in [3.63, 3.8) is 0 Å². The molecule has 1 heterocycles. The Morgan fingerprint density at radius 3 is 2.53 bits per heavy atom. The SMILES string of the molecule is Cc1sc(C(=O)O)cc1CS(=O)Cc1ccccc1. The number of aryl methyl sites for hydroxylation is 1. The molecular weight excluding hydrogens is 280 g/mol. The summed E-state index contributed by atoms with van der Waals surface area (Å²) >= 11 is 1.24. The van der Waals surface area contributed by atoms with Gasteiger partial charge in [0.2, 0.25) is 0 Å². The summed E-state index contributed by atoms with van der Waals surface area (Å²) in [5.41, 5.74) is 1.91. The minimum atomic E-state index is -1.02. The lowest BCUT2D eigenvalue weighted by Crippen LogP contribution is -1.99. The summed E-state index contributed by atoms with van der Waals surface area (Å²) in [7, 11) is -1.02. The van der Waals surface area contributed by atoms with Crippen LogP contribution in [0, 0.1) is 6.92 Å². The Labute approximate surface area is 118 Å². The van der Waals surface area contributed by atoms with E-state index in [9.17, 15) is 9.00 Å². The molecule has 5 heteroatoms. The number of benzene rings is 1.